The summed E-state index contributed by atoms with van der Waals surface area (Å²) in [4.78, 5) is 2.40. The molecule has 1 aromatic heterocycles. The summed E-state index contributed by atoms with van der Waals surface area (Å²) < 4.78 is 1.85. The highest BCUT2D eigenvalue weighted by atomic mass is 32.2. The highest BCUT2D eigenvalue weighted by molar-refractivity contribution is 8.00. The first-order valence-corrected chi connectivity index (χ1v) is 7.11. The summed E-state index contributed by atoms with van der Waals surface area (Å²) in [5.74, 6) is 1.14. The maximum Gasteiger partial charge on any atom is 0.0534 e. The monoisotopic (exact) mass is 254 g/mol. The molecule has 1 fully saturated rings. The molecule has 1 saturated heterocycles. The van der Waals surface area contributed by atoms with Crippen LogP contribution in [0.4, 0.5) is 0 Å². The van der Waals surface area contributed by atoms with Crippen molar-refractivity contribution in [3.8, 4) is 0 Å². The van der Waals surface area contributed by atoms with Gasteiger partial charge in [0.2, 0.25) is 0 Å². The number of hydrogen-bond acceptors (Lipinski definition) is 4. The van der Waals surface area contributed by atoms with Crippen LogP contribution >= 0.6 is 11.8 Å². The van der Waals surface area contributed by atoms with Crippen LogP contribution in [0.5, 0.6) is 0 Å². The smallest absolute Gasteiger partial charge is 0.0534 e. The van der Waals surface area contributed by atoms with Crippen LogP contribution in [0.25, 0.3) is 0 Å². The molecule has 17 heavy (non-hydrogen) atoms. The van der Waals surface area contributed by atoms with Gasteiger partial charge in [0, 0.05) is 48.4 Å². The van der Waals surface area contributed by atoms with Gasteiger partial charge in [-0.05, 0) is 13.5 Å². The van der Waals surface area contributed by atoms with E-state index >= 15 is 0 Å². The number of aromatic nitrogens is 2. The molecule has 1 aliphatic heterocycles. The first kappa shape index (κ1) is 12.9. The van der Waals surface area contributed by atoms with Crippen LogP contribution < -0.4 is 5.73 Å². The largest absolute Gasteiger partial charge is 0.329 e. The second-order valence-electron chi connectivity index (χ2n) is 5.13. The van der Waals surface area contributed by atoms with E-state index in [0.29, 0.717) is 0 Å². The van der Waals surface area contributed by atoms with E-state index in [2.05, 4.69) is 30.2 Å². The van der Waals surface area contributed by atoms with Crippen LogP contribution in [0.2, 0.25) is 0 Å². The molecule has 4 nitrogen and oxygen atoms in total. The van der Waals surface area contributed by atoms with Gasteiger partial charge in [-0.3, -0.25) is 9.58 Å². The number of hydrogen-bond donors (Lipinski definition) is 1. The van der Waals surface area contributed by atoms with Crippen LogP contribution in [0.3, 0.4) is 0 Å². The fourth-order valence-electron chi connectivity index (χ4n) is 2.51. The number of thioether (sulfide) groups is 1. The van der Waals surface area contributed by atoms with Gasteiger partial charge in [0.25, 0.3) is 0 Å². The summed E-state index contributed by atoms with van der Waals surface area (Å²) in [5.41, 5.74) is 7.44. The first-order valence-electron chi connectivity index (χ1n) is 6.06. The van der Waals surface area contributed by atoms with Crippen LogP contribution in [0.15, 0.2) is 12.4 Å². The van der Waals surface area contributed by atoms with Crippen LogP contribution in [0.1, 0.15) is 18.9 Å². The van der Waals surface area contributed by atoms with Crippen molar-refractivity contribution in [3.63, 3.8) is 0 Å². The quantitative estimate of drug-likeness (QED) is 0.873. The fourth-order valence-corrected chi connectivity index (χ4v) is 3.99. The number of rotatable bonds is 4. The second-order valence-corrected chi connectivity index (χ2v) is 6.56. The normalized spacial score (nSPS) is 29.1. The van der Waals surface area contributed by atoms with E-state index in [9.17, 15) is 0 Å². The molecule has 1 aliphatic rings. The Morgan fingerprint density at radius 1 is 1.71 bits per heavy atom. The summed E-state index contributed by atoms with van der Waals surface area (Å²) in [6.45, 7) is 3.96. The Morgan fingerprint density at radius 2 is 2.47 bits per heavy atom. The van der Waals surface area contributed by atoms with E-state index in [0.717, 1.165) is 24.1 Å². The zero-order valence-corrected chi connectivity index (χ0v) is 11.7. The Kier molecular flexibility index (Phi) is 3.80. The molecule has 0 amide bonds. The topological polar surface area (TPSA) is 47.1 Å². The van der Waals surface area contributed by atoms with Crippen molar-refractivity contribution in [2.45, 2.75) is 30.7 Å². The maximum atomic E-state index is 6.01. The Bertz CT molecular complexity index is 378. The zero-order chi connectivity index (χ0) is 12.5. The fraction of sp³-hybridized carbons (Fsp3) is 0.750. The Hall–Kier alpha value is -0.520. The Labute approximate surface area is 108 Å². The van der Waals surface area contributed by atoms with Gasteiger partial charge >= 0.3 is 0 Å². The Balaban J connectivity index is 2.05. The lowest BCUT2D eigenvalue weighted by atomic mass is 9.94. The average Bonchev–Trinajstić information content (AvgIpc) is 2.86. The highest BCUT2D eigenvalue weighted by Crippen LogP contribution is 2.37. The van der Waals surface area contributed by atoms with E-state index in [1.165, 1.54) is 12.0 Å². The van der Waals surface area contributed by atoms with Gasteiger partial charge in [0.05, 0.1) is 6.20 Å². The SMILES string of the molecule is CC1CC(CN)(N(C)Cc2cnn(C)c2)CS1. The number of likely N-dealkylation sites (N-methyl/N-ethyl adjacent to an activating group) is 1. The lowest BCUT2D eigenvalue weighted by Crippen LogP contribution is -2.52. The molecule has 0 bridgehead atoms. The lowest BCUT2D eigenvalue weighted by Gasteiger charge is -2.37. The Morgan fingerprint density at radius 3 is 2.94 bits per heavy atom. The molecule has 5 heteroatoms. The van der Waals surface area contributed by atoms with E-state index in [1.54, 1.807) is 0 Å². The predicted molar refractivity (Wildman–Crippen MR) is 73.0 cm³/mol. The lowest BCUT2D eigenvalue weighted by molar-refractivity contribution is 0.139. The van der Waals surface area contributed by atoms with Gasteiger partial charge in [-0.1, -0.05) is 6.92 Å². The third kappa shape index (κ3) is 2.67. The molecule has 2 rings (SSSR count). The minimum Gasteiger partial charge on any atom is -0.329 e. The van der Waals surface area contributed by atoms with Gasteiger partial charge in [0.15, 0.2) is 0 Å². The van der Waals surface area contributed by atoms with Gasteiger partial charge in [-0.25, -0.2) is 0 Å². The summed E-state index contributed by atoms with van der Waals surface area (Å²) >= 11 is 2.03. The van der Waals surface area contributed by atoms with E-state index in [-0.39, 0.29) is 5.54 Å². The molecule has 0 aliphatic carbocycles. The standard InChI is InChI=1S/C12H22N4S/c1-10-4-12(8-13,9-17-10)15(2)6-11-5-14-16(3)7-11/h5,7,10H,4,6,8-9,13H2,1-3H3. The molecule has 0 aromatic carbocycles. The number of aryl methyl sites for hydroxylation is 1. The summed E-state index contributed by atoms with van der Waals surface area (Å²) in [6, 6.07) is 0. The minimum absolute atomic E-state index is 0.167. The molecule has 0 radical (unpaired) electrons. The zero-order valence-electron chi connectivity index (χ0n) is 10.9. The van der Waals surface area contributed by atoms with Gasteiger partial charge in [0.1, 0.15) is 0 Å². The van der Waals surface area contributed by atoms with Crippen LogP contribution in [-0.2, 0) is 13.6 Å². The third-order valence-electron chi connectivity index (χ3n) is 3.67. The van der Waals surface area contributed by atoms with Crippen LogP contribution in [0, 0.1) is 0 Å². The molecule has 2 heterocycles. The molecule has 2 atom stereocenters. The van der Waals surface area contributed by atoms with Crippen molar-refractivity contribution in [2.75, 3.05) is 19.3 Å². The minimum atomic E-state index is 0.167. The molecule has 2 N–H and O–H groups in total. The van der Waals surface area contributed by atoms with E-state index in [1.807, 2.05) is 29.7 Å². The van der Waals surface area contributed by atoms with Crippen molar-refractivity contribution in [1.82, 2.24) is 14.7 Å². The predicted octanol–water partition coefficient (Wildman–Crippen LogP) is 1.07. The molecular weight excluding hydrogens is 232 g/mol. The molecule has 0 saturated carbocycles. The number of nitrogens with zero attached hydrogens (tertiary/aromatic N) is 3. The summed E-state index contributed by atoms with van der Waals surface area (Å²) in [7, 11) is 4.13. The van der Waals surface area contributed by atoms with Crippen molar-refractivity contribution in [2.24, 2.45) is 12.8 Å². The van der Waals surface area contributed by atoms with E-state index in [4.69, 9.17) is 5.73 Å². The first-order chi connectivity index (χ1) is 8.05. The maximum absolute atomic E-state index is 6.01. The van der Waals surface area contributed by atoms with Gasteiger partial charge < -0.3 is 5.73 Å². The molecule has 1 aromatic rings. The molecular formula is C12H22N4S. The molecule has 2 unspecified atom stereocenters. The number of nitrogens with two attached hydrogens (primary N) is 1. The average molecular weight is 254 g/mol. The van der Waals surface area contributed by atoms with E-state index < -0.39 is 0 Å². The van der Waals surface area contributed by atoms with Crippen LogP contribution in [-0.4, -0.2) is 44.8 Å². The van der Waals surface area contributed by atoms with Crippen molar-refractivity contribution in [3.05, 3.63) is 18.0 Å². The summed E-state index contributed by atoms with van der Waals surface area (Å²) in [5, 5.41) is 4.93. The van der Waals surface area contributed by atoms with Crippen molar-refractivity contribution >= 4 is 11.8 Å². The third-order valence-corrected chi connectivity index (χ3v) is 5.11. The van der Waals surface area contributed by atoms with Gasteiger partial charge in [-0.15, -0.1) is 0 Å². The highest BCUT2D eigenvalue weighted by Gasteiger charge is 2.40. The van der Waals surface area contributed by atoms with Gasteiger partial charge in [-0.2, -0.15) is 16.9 Å². The van der Waals surface area contributed by atoms with Crippen molar-refractivity contribution < 1.29 is 0 Å². The summed E-state index contributed by atoms with van der Waals surface area (Å²) in [6.07, 6.45) is 5.20. The second kappa shape index (κ2) is 5.00. The molecule has 96 valence electrons. The van der Waals surface area contributed by atoms with Crippen molar-refractivity contribution in [1.29, 1.82) is 0 Å². The molecule has 0 spiro atoms.